The number of benzene rings is 1. The van der Waals surface area contributed by atoms with Crippen molar-refractivity contribution in [1.82, 2.24) is 14.8 Å². The van der Waals surface area contributed by atoms with E-state index in [0.717, 1.165) is 22.9 Å². The Labute approximate surface area is 180 Å². The topological polar surface area (TPSA) is 75.9 Å². The third kappa shape index (κ3) is 4.77. The normalized spacial score (nSPS) is 14.4. The molecule has 2 amide bonds. The van der Waals surface area contributed by atoms with Gasteiger partial charge in [-0.2, -0.15) is 0 Å². The molecule has 3 heterocycles. The predicted octanol–water partition coefficient (Wildman–Crippen LogP) is 3.61. The van der Waals surface area contributed by atoms with E-state index in [-0.39, 0.29) is 11.8 Å². The third-order valence-corrected chi connectivity index (χ3v) is 5.21. The molecule has 1 aliphatic heterocycles. The number of aromatic nitrogens is 1. The predicted molar refractivity (Wildman–Crippen MR) is 118 cm³/mol. The quantitative estimate of drug-likeness (QED) is 0.571. The van der Waals surface area contributed by atoms with Crippen LogP contribution in [0.5, 0.6) is 5.88 Å². The van der Waals surface area contributed by atoms with Gasteiger partial charge in [-0.25, -0.2) is 4.98 Å². The van der Waals surface area contributed by atoms with E-state index in [4.69, 9.17) is 9.15 Å². The van der Waals surface area contributed by atoms with E-state index >= 15 is 0 Å². The maximum atomic E-state index is 12.7. The Kier molecular flexibility index (Phi) is 6.31. The van der Waals surface area contributed by atoms with Gasteiger partial charge in [-0.3, -0.25) is 9.59 Å². The summed E-state index contributed by atoms with van der Waals surface area (Å²) in [6.07, 6.45) is 7.11. The summed E-state index contributed by atoms with van der Waals surface area (Å²) in [5.74, 6) is 0.362. The number of para-hydroxylation sites is 1. The molecular formula is C24H25N3O4. The van der Waals surface area contributed by atoms with Crippen molar-refractivity contribution in [1.29, 1.82) is 0 Å². The molecule has 4 rings (SSSR count). The van der Waals surface area contributed by atoms with Gasteiger partial charge in [0.05, 0.1) is 24.0 Å². The van der Waals surface area contributed by atoms with Crippen molar-refractivity contribution >= 4 is 28.8 Å². The van der Waals surface area contributed by atoms with Crippen LogP contribution in [-0.4, -0.2) is 59.4 Å². The minimum Gasteiger partial charge on any atom is -0.477 e. The van der Waals surface area contributed by atoms with Gasteiger partial charge in [0, 0.05) is 43.2 Å². The summed E-state index contributed by atoms with van der Waals surface area (Å²) in [4.78, 5) is 33.2. The second kappa shape index (κ2) is 9.47. The van der Waals surface area contributed by atoms with Crippen LogP contribution in [0.15, 0.2) is 59.4 Å². The van der Waals surface area contributed by atoms with Crippen molar-refractivity contribution in [2.24, 2.45) is 0 Å². The van der Waals surface area contributed by atoms with Gasteiger partial charge in [-0.1, -0.05) is 25.1 Å². The van der Waals surface area contributed by atoms with Crippen molar-refractivity contribution in [3.8, 4) is 5.88 Å². The molecule has 1 fully saturated rings. The molecule has 160 valence electrons. The lowest BCUT2D eigenvalue weighted by Crippen LogP contribution is -2.50. The highest BCUT2D eigenvalue weighted by Crippen LogP contribution is 2.24. The van der Waals surface area contributed by atoms with E-state index in [1.54, 1.807) is 28.0 Å². The second-order valence-corrected chi connectivity index (χ2v) is 7.39. The molecule has 0 atom stereocenters. The molecule has 7 nitrogen and oxygen atoms in total. The molecule has 3 aromatic rings. The number of hydrogen-bond acceptors (Lipinski definition) is 5. The Bertz CT molecular complexity index is 1080. The molecular weight excluding hydrogens is 394 g/mol. The number of piperazine rings is 1. The van der Waals surface area contributed by atoms with Gasteiger partial charge in [-0.05, 0) is 30.7 Å². The zero-order valence-electron chi connectivity index (χ0n) is 17.5. The first-order chi connectivity index (χ1) is 15.2. The van der Waals surface area contributed by atoms with E-state index in [9.17, 15) is 9.59 Å². The van der Waals surface area contributed by atoms with Crippen molar-refractivity contribution in [2.45, 2.75) is 13.3 Å². The summed E-state index contributed by atoms with van der Waals surface area (Å²) in [6.45, 7) is 4.56. The molecule has 31 heavy (non-hydrogen) atoms. The fourth-order valence-corrected chi connectivity index (χ4v) is 3.51. The summed E-state index contributed by atoms with van der Waals surface area (Å²) < 4.78 is 10.8. The average Bonchev–Trinajstić information content (AvgIpc) is 3.35. The van der Waals surface area contributed by atoms with Crippen LogP contribution in [0.1, 0.15) is 29.3 Å². The van der Waals surface area contributed by atoms with Gasteiger partial charge in [0.25, 0.3) is 5.91 Å². The van der Waals surface area contributed by atoms with E-state index in [1.807, 2.05) is 37.3 Å². The number of carbonyl (C=O) groups is 2. The molecule has 0 bridgehead atoms. The lowest BCUT2D eigenvalue weighted by molar-refractivity contribution is -0.127. The van der Waals surface area contributed by atoms with Crippen LogP contribution in [0, 0.1) is 0 Å². The first kappa shape index (κ1) is 20.7. The van der Waals surface area contributed by atoms with Gasteiger partial charge in [0.15, 0.2) is 0 Å². The van der Waals surface area contributed by atoms with E-state index in [2.05, 4.69) is 4.98 Å². The SMILES string of the molecule is CCCOc1nc2ccccc2cc1/C=C/C(=O)N1CCN(C(=O)c2ccoc2)CC1. The van der Waals surface area contributed by atoms with Crippen LogP contribution in [0.3, 0.4) is 0 Å². The Balaban J connectivity index is 1.43. The van der Waals surface area contributed by atoms with Crippen molar-refractivity contribution in [3.63, 3.8) is 0 Å². The minimum absolute atomic E-state index is 0.0728. The first-order valence-electron chi connectivity index (χ1n) is 10.5. The fraction of sp³-hybridized carbons (Fsp3) is 0.292. The number of carbonyl (C=O) groups excluding carboxylic acids is 2. The summed E-state index contributed by atoms with van der Waals surface area (Å²) >= 11 is 0. The molecule has 0 saturated carbocycles. The molecule has 0 unspecified atom stereocenters. The summed E-state index contributed by atoms with van der Waals surface area (Å²) in [7, 11) is 0. The standard InChI is InChI=1S/C24H25N3O4/c1-2-14-31-23-19(16-18-5-3-4-6-21(18)25-23)7-8-22(28)26-10-12-27(13-11-26)24(29)20-9-15-30-17-20/h3-9,15-17H,2,10-14H2,1H3/b8-7+. The maximum absolute atomic E-state index is 12.7. The van der Waals surface area contributed by atoms with Crippen molar-refractivity contribution in [3.05, 3.63) is 66.1 Å². The highest BCUT2D eigenvalue weighted by molar-refractivity contribution is 5.95. The lowest BCUT2D eigenvalue weighted by atomic mass is 10.1. The monoisotopic (exact) mass is 419 g/mol. The smallest absolute Gasteiger partial charge is 0.257 e. The molecule has 0 radical (unpaired) electrons. The third-order valence-electron chi connectivity index (χ3n) is 5.21. The Morgan fingerprint density at radius 3 is 2.65 bits per heavy atom. The summed E-state index contributed by atoms with van der Waals surface area (Å²) in [5.41, 5.74) is 2.16. The number of fused-ring (bicyclic) bond motifs is 1. The highest BCUT2D eigenvalue weighted by atomic mass is 16.5. The van der Waals surface area contributed by atoms with Crippen LogP contribution in [0.25, 0.3) is 17.0 Å². The molecule has 1 aliphatic rings. The van der Waals surface area contributed by atoms with Gasteiger partial charge < -0.3 is 19.0 Å². The van der Waals surface area contributed by atoms with E-state index < -0.39 is 0 Å². The fourth-order valence-electron chi connectivity index (χ4n) is 3.51. The Hall–Kier alpha value is -3.61. The number of nitrogens with zero attached hydrogens (tertiary/aromatic N) is 3. The largest absolute Gasteiger partial charge is 0.477 e. The first-order valence-corrected chi connectivity index (χ1v) is 10.5. The zero-order valence-corrected chi connectivity index (χ0v) is 17.5. The molecule has 7 heteroatoms. The van der Waals surface area contributed by atoms with Gasteiger partial charge >= 0.3 is 0 Å². The van der Waals surface area contributed by atoms with Crippen LogP contribution in [0.2, 0.25) is 0 Å². The molecule has 0 N–H and O–H groups in total. The summed E-state index contributed by atoms with van der Waals surface area (Å²) in [6, 6.07) is 11.5. The number of ether oxygens (including phenoxy) is 1. The Morgan fingerprint density at radius 1 is 1.13 bits per heavy atom. The van der Waals surface area contributed by atoms with E-state index in [0.29, 0.717) is 44.2 Å². The highest BCUT2D eigenvalue weighted by Gasteiger charge is 2.24. The molecule has 1 saturated heterocycles. The summed E-state index contributed by atoms with van der Waals surface area (Å²) in [5, 5.41) is 0.991. The number of rotatable bonds is 6. The average molecular weight is 419 g/mol. The van der Waals surface area contributed by atoms with Crippen LogP contribution >= 0.6 is 0 Å². The minimum atomic E-state index is -0.0926. The van der Waals surface area contributed by atoms with Gasteiger partial charge in [0.1, 0.15) is 6.26 Å². The van der Waals surface area contributed by atoms with Crippen LogP contribution < -0.4 is 4.74 Å². The van der Waals surface area contributed by atoms with E-state index in [1.165, 1.54) is 12.5 Å². The number of furan rings is 1. The lowest BCUT2D eigenvalue weighted by Gasteiger charge is -2.34. The number of amides is 2. The molecule has 0 aliphatic carbocycles. The number of hydrogen-bond donors (Lipinski definition) is 0. The maximum Gasteiger partial charge on any atom is 0.257 e. The number of pyridine rings is 1. The zero-order chi connectivity index (χ0) is 21.6. The molecule has 0 spiro atoms. The van der Waals surface area contributed by atoms with Crippen LogP contribution in [0.4, 0.5) is 0 Å². The van der Waals surface area contributed by atoms with Gasteiger partial charge in [0.2, 0.25) is 11.8 Å². The van der Waals surface area contributed by atoms with Crippen molar-refractivity contribution in [2.75, 3.05) is 32.8 Å². The van der Waals surface area contributed by atoms with Gasteiger partial charge in [-0.15, -0.1) is 0 Å². The van der Waals surface area contributed by atoms with Crippen LogP contribution in [-0.2, 0) is 4.79 Å². The second-order valence-electron chi connectivity index (χ2n) is 7.39. The molecule has 2 aromatic heterocycles. The molecule has 1 aromatic carbocycles. The Morgan fingerprint density at radius 2 is 1.90 bits per heavy atom. The van der Waals surface area contributed by atoms with Crippen molar-refractivity contribution < 1.29 is 18.7 Å².